The maximum Gasteiger partial charge on any atom is 0.407 e. The van der Waals surface area contributed by atoms with Crippen LogP contribution in [0.1, 0.15) is 42.3 Å². The first-order valence-electron chi connectivity index (χ1n) is 9.40. The van der Waals surface area contributed by atoms with Gasteiger partial charge in [-0.15, -0.1) is 0 Å². The maximum absolute atomic E-state index is 11.8. The summed E-state index contributed by atoms with van der Waals surface area (Å²) in [6, 6.07) is 5.68. The Morgan fingerprint density at radius 1 is 1.26 bits per heavy atom. The van der Waals surface area contributed by atoms with E-state index in [0.717, 1.165) is 17.7 Å². The van der Waals surface area contributed by atoms with Crippen LogP contribution in [0.15, 0.2) is 18.2 Å². The third kappa shape index (κ3) is 2.72. The number of carbonyl (C=O) groups excluding carboxylic acids is 1. The van der Waals surface area contributed by atoms with Crippen LogP contribution in [0.2, 0.25) is 0 Å². The lowest BCUT2D eigenvalue weighted by Crippen LogP contribution is -2.69. The van der Waals surface area contributed by atoms with Crippen LogP contribution >= 0.6 is 0 Å². The molecule has 7 heteroatoms. The van der Waals surface area contributed by atoms with Gasteiger partial charge in [-0.2, -0.15) is 0 Å². The van der Waals surface area contributed by atoms with Gasteiger partial charge in [0.2, 0.25) is 0 Å². The highest BCUT2D eigenvalue weighted by Crippen LogP contribution is 2.50. The van der Waals surface area contributed by atoms with Crippen LogP contribution < -0.4 is 0 Å². The number of hydrogen-bond acceptors (Lipinski definition) is 5. The summed E-state index contributed by atoms with van der Waals surface area (Å²) in [5, 5.41) is 9.54. The molecule has 0 bridgehead atoms. The van der Waals surface area contributed by atoms with Crippen molar-refractivity contribution in [3.05, 3.63) is 34.9 Å². The molecule has 7 nitrogen and oxygen atoms in total. The number of piperazine rings is 1. The van der Waals surface area contributed by atoms with Crippen LogP contribution in [0, 0.1) is 5.41 Å². The highest BCUT2D eigenvalue weighted by molar-refractivity contribution is 5.93. The van der Waals surface area contributed by atoms with Gasteiger partial charge in [0.25, 0.3) is 0 Å². The number of hydrogen-bond donors (Lipinski definition) is 1. The SMILES string of the molecule is CC(C)(C)C1(c2ccc3c(c2)COC3=O)OCCN2CCN(C(=O)O)C[C@H]21. The first-order chi connectivity index (χ1) is 12.7. The minimum Gasteiger partial charge on any atom is -0.465 e. The molecule has 1 aromatic carbocycles. The lowest BCUT2D eigenvalue weighted by molar-refractivity contribution is -0.217. The molecule has 1 unspecified atom stereocenters. The van der Waals surface area contributed by atoms with E-state index in [9.17, 15) is 14.7 Å². The normalized spacial score (nSPS) is 28.5. The Bertz CT molecular complexity index is 787. The Hall–Kier alpha value is -2.12. The lowest BCUT2D eigenvalue weighted by atomic mass is 9.65. The van der Waals surface area contributed by atoms with Gasteiger partial charge in [0, 0.05) is 31.7 Å². The highest BCUT2D eigenvalue weighted by Gasteiger charge is 2.56. The summed E-state index contributed by atoms with van der Waals surface area (Å²) in [4.78, 5) is 27.3. The van der Waals surface area contributed by atoms with Gasteiger partial charge in [-0.1, -0.05) is 26.8 Å². The van der Waals surface area contributed by atoms with Gasteiger partial charge in [0.15, 0.2) is 0 Å². The largest absolute Gasteiger partial charge is 0.465 e. The van der Waals surface area contributed by atoms with Crippen LogP contribution in [-0.2, 0) is 21.7 Å². The molecule has 1 aromatic rings. The molecule has 0 saturated carbocycles. The van der Waals surface area contributed by atoms with Crippen LogP contribution in [0.25, 0.3) is 0 Å². The Morgan fingerprint density at radius 2 is 2.04 bits per heavy atom. The molecule has 27 heavy (non-hydrogen) atoms. The van der Waals surface area contributed by atoms with Crippen LogP contribution in [0.4, 0.5) is 4.79 Å². The van der Waals surface area contributed by atoms with Gasteiger partial charge < -0.3 is 19.5 Å². The van der Waals surface area contributed by atoms with Crippen molar-refractivity contribution in [3.63, 3.8) is 0 Å². The third-order valence-corrected chi connectivity index (χ3v) is 6.17. The molecule has 4 rings (SSSR count). The second kappa shape index (κ2) is 6.21. The predicted octanol–water partition coefficient (Wildman–Crippen LogP) is 2.29. The van der Waals surface area contributed by atoms with Gasteiger partial charge in [0.1, 0.15) is 12.2 Å². The number of rotatable bonds is 1. The van der Waals surface area contributed by atoms with Crippen LogP contribution in [0.5, 0.6) is 0 Å². The second-order valence-corrected chi connectivity index (χ2v) is 8.56. The number of carboxylic acid groups (broad SMARTS) is 1. The number of amides is 1. The summed E-state index contributed by atoms with van der Waals surface area (Å²) in [7, 11) is 0. The summed E-state index contributed by atoms with van der Waals surface area (Å²) in [6.45, 7) is 9.66. The van der Waals surface area contributed by atoms with E-state index in [4.69, 9.17) is 9.47 Å². The molecule has 3 aliphatic heterocycles. The quantitative estimate of drug-likeness (QED) is 0.760. The average molecular weight is 374 g/mol. The Kier molecular flexibility index (Phi) is 4.20. The van der Waals surface area contributed by atoms with Crippen molar-refractivity contribution >= 4 is 12.1 Å². The highest BCUT2D eigenvalue weighted by atomic mass is 16.5. The van der Waals surface area contributed by atoms with E-state index in [-0.39, 0.29) is 24.0 Å². The molecule has 146 valence electrons. The molecule has 0 aliphatic carbocycles. The molecule has 2 fully saturated rings. The molecule has 0 radical (unpaired) electrons. The first-order valence-corrected chi connectivity index (χ1v) is 9.40. The van der Waals surface area contributed by atoms with Gasteiger partial charge in [-0.25, -0.2) is 9.59 Å². The van der Waals surface area contributed by atoms with Gasteiger partial charge in [-0.3, -0.25) is 4.90 Å². The molecule has 3 aliphatic rings. The fourth-order valence-electron chi connectivity index (χ4n) is 4.86. The predicted molar refractivity (Wildman–Crippen MR) is 97.6 cm³/mol. The number of benzene rings is 1. The molecule has 1 N–H and O–H groups in total. The summed E-state index contributed by atoms with van der Waals surface area (Å²) >= 11 is 0. The van der Waals surface area contributed by atoms with E-state index in [1.54, 1.807) is 0 Å². The lowest BCUT2D eigenvalue weighted by Gasteiger charge is -2.58. The first kappa shape index (κ1) is 18.3. The van der Waals surface area contributed by atoms with E-state index in [1.807, 2.05) is 18.2 Å². The summed E-state index contributed by atoms with van der Waals surface area (Å²) in [5.74, 6) is -0.290. The smallest absolute Gasteiger partial charge is 0.407 e. The number of esters is 1. The minimum absolute atomic E-state index is 0.0906. The zero-order valence-corrected chi connectivity index (χ0v) is 16.0. The van der Waals surface area contributed by atoms with E-state index in [1.165, 1.54) is 4.90 Å². The molecule has 3 heterocycles. The molecule has 1 amide bonds. The maximum atomic E-state index is 11.8. The van der Waals surface area contributed by atoms with Crippen molar-refractivity contribution in [2.24, 2.45) is 5.41 Å². The van der Waals surface area contributed by atoms with Crippen molar-refractivity contribution in [2.45, 2.75) is 39.0 Å². The Balaban J connectivity index is 1.82. The molecule has 0 spiro atoms. The van der Waals surface area contributed by atoms with Crippen molar-refractivity contribution < 1.29 is 24.2 Å². The summed E-state index contributed by atoms with van der Waals surface area (Å²) in [5.41, 5.74) is 1.49. The number of ether oxygens (including phenoxy) is 2. The van der Waals surface area contributed by atoms with Gasteiger partial charge in [-0.05, 0) is 23.1 Å². The van der Waals surface area contributed by atoms with Crippen molar-refractivity contribution in [3.8, 4) is 0 Å². The molecule has 0 aromatic heterocycles. The van der Waals surface area contributed by atoms with Crippen molar-refractivity contribution in [1.29, 1.82) is 0 Å². The number of cyclic esters (lactones) is 1. The number of fused-ring (bicyclic) bond motifs is 2. The molecular weight excluding hydrogens is 348 g/mol. The topological polar surface area (TPSA) is 79.3 Å². The van der Waals surface area contributed by atoms with Crippen molar-refractivity contribution in [2.75, 3.05) is 32.8 Å². The molecular formula is C20H26N2O5. The number of morpholine rings is 1. The zero-order chi connectivity index (χ0) is 19.4. The number of carbonyl (C=O) groups is 2. The molecule has 2 atom stereocenters. The van der Waals surface area contributed by atoms with Crippen LogP contribution in [0.3, 0.4) is 0 Å². The summed E-state index contributed by atoms with van der Waals surface area (Å²) in [6.07, 6.45) is -0.893. The fourth-order valence-corrected chi connectivity index (χ4v) is 4.86. The van der Waals surface area contributed by atoms with Gasteiger partial charge in [0.05, 0.1) is 18.2 Å². The Labute approximate surface area is 158 Å². The van der Waals surface area contributed by atoms with Gasteiger partial charge >= 0.3 is 12.1 Å². The van der Waals surface area contributed by atoms with E-state index < -0.39 is 11.7 Å². The number of nitrogens with zero attached hydrogens (tertiary/aromatic N) is 2. The Morgan fingerprint density at radius 3 is 2.74 bits per heavy atom. The zero-order valence-electron chi connectivity index (χ0n) is 16.0. The average Bonchev–Trinajstić information content (AvgIpc) is 3.00. The second-order valence-electron chi connectivity index (χ2n) is 8.56. The minimum atomic E-state index is -0.893. The summed E-state index contributed by atoms with van der Waals surface area (Å²) < 4.78 is 11.7. The van der Waals surface area contributed by atoms with Crippen molar-refractivity contribution in [1.82, 2.24) is 9.80 Å². The molecule has 2 saturated heterocycles. The van der Waals surface area contributed by atoms with E-state index >= 15 is 0 Å². The van der Waals surface area contributed by atoms with E-state index in [2.05, 4.69) is 25.7 Å². The third-order valence-electron chi connectivity index (χ3n) is 6.17. The van der Waals surface area contributed by atoms with Crippen LogP contribution in [-0.4, -0.2) is 65.8 Å². The standard InChI is InChI=1S/C20H26N2O5/c1-19(2,3)20(14-4-5-15-13(10-14)12-26-17(15)23)16-11-22(18(24)25)7-6-21(16)8-9-27-20/h4-5,10,16H,6-9,11-12H2,1-3H3,(H,24,25)/t16-,20?/m0/s1. The monoisotopic (exact) mass is 374 g/mol. The van der Waals surface area contributed by atoms with E-state index in [0.29, 0.717) is 31.8 Å². The fraction of sp³-hybridized carbons (Fsp3) is 0.600.